The van der Waals surface area contributed by atoms with Crippen molar-refractivity contribution in [1.29, 1.82) is 0 Å². The largest absolute Gasteiger partial charge is 0.447 e. The maximum absolute atomic E-state index is 5.81. The number of likely N-dealkylation sites (tertiary alicyclic amines) is 1. The Labute approximate surface area is 103 Å². The van der Waals surface area contributed by atoms with Gasteiger partial charge in [0.25, 0.3) is 0 Å². The van der Waals surface area contributed by atoms with E-state index in [4.69, 9.17) is 10.2 Å². The van der Waals surface area contributed by atoms with Gasteiger partial charge in [0.15, 0.2) is 0 Å². The van der Waals surface area contributed by atoms with Crippen LogP contribution in [-0.4, -0.2) is 22.5 Å². The number of hydrogen-bond acceptors (Lipinski definition) is 4. The van der Waals surface area contributed by atoms with Gasteiger partial charge in [0.05, 0.1) is 11.7 Å². The van der Waals surface area contributed by atoms with E-state index in [2.05, 4.69) is 23.7 Å². The molecule has 17 heavy (non-hydrogen) atoms. The van der Waals surface area contributed by atoms with E-state index in [-0.39, 0.29) is 6.04 Å². The van der Waals surface area contributed by atoms with Crippen LogP contribution in [0.4, 0.5) is 0 Å². The van der Waals surface area contributed by atoms with Gasteiger partial charge in [-0.1, -0.05) is 6.42 Å². The van der Waals surface area contributed by atoms with Crippen LogP contribution in [0.1, 0.15) is 63.7 Å². The highest BCUT2D eigenvalue weighted by atomic mass is 16.3. The molecule has 0 amide bonds. The summed E-state index contributed by atoms with van der Waals surface area (Å²) in [7, 11) is 0. The molecule has 0 aromatic carbocycles. The van der Waals surface area contributed by atoms with E-state index in [1.165, 1.54) is 12.8 Å². The molecule has 2 atom stereocenters. The molecule has 1 aromatic heterocycles. The molecule has 1 aromatic rings. The zero-order valence-corrected chi connectivity index (χ0v) is 11.0. The Morgan fingerprint density at radius 2 is 2.18 bits per heavy atom. The summed E-state index contributed by atoms with van der Waals surface area (Å²) in [5, 5.41) is 0. The molecular formula is C13H23N3O. The molecule has 0 radical (unpaired) electrons. The normalized spacial score (nSPS) is 24.2. The second-order valence-corrected chi connectivity index (χ2v) is 5.24. The molecule has 2 unspecified atom stereocenters. The van der Waals surface area contributed by atoms with E-state index in [0.717, 1.165) is 24.6 Å². The maximum Gasteiger partial charge on any atom is 0.211 e. The van der Waals surface area contributed by atoms with Gasteiger partial charge in [0, 0.05) is 12.1 Å². The van der Waals surface area contributed by atoms with Gasteiger partial charge in [-0.25, -0.2) is 4.98 Å². The summed E-state index contributed by atoms with van der Waals surface area (Å²) in [6, 6.07) is 0.811. The second-order valence-electron chi connectivity index (χ2n) is 5.24. The average molecular weight is 237 g/mol. The van der Waals surface area contributed by atoms with E-state index in [1.807, 2.05) is 6.92 Å². The van der Waals surface area contributed by atoms with Crippen LogP contribution in [-0.2, 0) is 0 Å². The van der Waals surface area contributed by atoms with Crippen LogP contribution in [0.25, 0.3) is 0 Å². The van der Waals surface area contributed by atoms with Gasteiger partial charge in [-0.3, -0.25) is 4.90 Å². The minimum Gasteiger partial charge on any atom is -0.447 e. The molecule has 2 rings (SSSR count). The molecule has 1 aliphatic rings. The van der Waals surface area contributed by atoms with Crippen LogP contribution in [0.3, 0.4) is 0 Å². The Balaban J connectivity index is 2.17. The van der Waals surface area contributed by atoms with Crippen LogP contribution in [0, 0.1) is 0 Å². The molecule has 0 aliphatic carbocycles. The Morgan fingerprint density at radius 1 is 1.41 bits per heavy atom. The first-order valence-electron chi connectivity index (χ1n) is 6.56. The first-order chi connectivity index (χ1) is 8.09. The number of nitrogens with zero attached hydrogens (tertiary/aromatic N) is 2. The SMILES string of the molecule is CC(N)c1coc(C2CCCCN2C(C)C)n1. The predicted molar refractivity (Wildman–Crippen MR) is 67.5 cm³/mol. The number of oxazole rings is 1. The van der Waals surface area contributed by atoms with Crippen molar-refractivity contribution in [2.75, 3.05) is 6.54 Å². The molecule has 0 saturated carbocycles. The van der Waals surface area contributed by atoms with Crippen LogP contribution in [0.2, 0.25) is 0 Å². The molecule has 2 N–H and O–H groups in total. The quantitative estimate of drug-likeness (QED) is 0.878. The van der Waals surface area contributed by atoms with Gasteiger partial charge in [0.2, 0.25) is 5.89 Å². The zero-order valence-electron chi connectivity index (χ0n) is 11.0. The lowest BCUT2D eigenvalue weighted by atomic mass is 10.0. The third kappa shape index (κ3) is 2.69. The highest BCUT2D eigenvalue weighted by Gasteiger charge is 2.29. The lowest BCUT2D eigenvalue weighted by molar-refractivity contribution is 0.0924. The number of piperidine rings is 1. The van der Waals surface area contributed by atoms with Crippen molar-refractivity contribution in [2.45, 2.75) is 58.2 Å². The molecule has 1 saturated heterocycles. The lowest BCUT2D eigenvalue weighted by Crippen LogP contribution is -2.38. The fourth-order valence-corrected chi connectivity index (χ4v) is 2.50. The number of aromatic nitrogens is 1. The van der Waals surface area contributed by atoms with Gasteiger partial charge in [0.1, 0.15) is 6.26 Å². The summed E-state index contributed by atoms with van der Waals surface area (Å²) in [5.41, 5.74) is 6.67. The third-order valence-electron chi connectivity index (χ3n) is 3.50. The number of hydrogen-bond donors (Lipinski definition) is 1. The first kappa shape index (κ1) is 12.6. The van der Waals surface area contributed by atoms with E-state index in [9.17, 15) is 0 Å². The maximum atomic E-state index is 5.81. The summed E-state index contributed by atoms with van der Waals surface area (Å²) < 4.78 is 5.61. The number of rotatable bonds is 3. The van der Waals surface area contributed by atoms with Crippen LogP contribution < -0.4 is 5.73 Å². The molecule has 4 nitrogen and oxygen atoms in total. The van der Waals surface area contributed by atoms with Crippen molar-refractivity contribution < 1.29 is 4.42 Å². The molecule has 0 bridgehead atoms. The van der Waals surface area contributed by atoms with Crippen LogP contribution in [0.5, 0.6) is 0 Å². The van der Waals surface area contributed by atoms with Gasteiger partial charge in [-0.05, 0) is 40.2 Å². The standard InChI is InChI=1S/C13H23N3O/c1-9(2)16-7-5-4-6-12(16)13-15-11(8-17-13)10(3)14/h8-10,12H,4-7,14H2,1-3H3. The van der Waals surface area contributed by atoms with Gasteiger partial charge in [-0.2, -0.15) is 0 Å². The molecule has 1 aliphatic heterocycles. The zero-order chi connectivity index (χ0) is 12.4. The highest BCUT2D eigenvalue weighted by Crippen LogP contribution is 2.32. The monoisotopic (exact) mass is 237 g/mol. The summed E-state index contributed by atoms with van der Waals surface area (Å²) in [5.74, 6) is 0.839. The Hall–Kier alpha value is -0.870. The second kappa shape index (κ2) is 5.19. The third-order valence-corrected chi connectivity index (χ3v) is 3.50. The molecule has 96 valence electrons. The van der Waals surface area contributed by atoms with Gasteiger partial charge >= 0.3 is 0 Å². The first-order valence-corrected chi connectivity index (χ1v) is 6.56. The van der Waals surface area contributed by atoms with Crippen LogP contribution in [0.15, 0.2) is 10.7 Å². The minimum absolute atomic E-state index is 0.0522. The fraction of sp³-hybridized carbons (Fsp3) is 0.769. The Bertz CT molecular complexity index is 359. The highest BCUT2D eigenvalue weighted by molar-refractivity contribution is 5.05. The van der Waals surface area contributed by atoms with Crippen molar-refractivity contribution in [3.63, 3.8) is 0 Å². The smallest absolute Gasteiger partial charge is 0.211 e. The minimum atomic E-state index is -0.0522. The van der Waals surface area contributed by atoms with Crippen molar-refractivity contribution in [3.8, 4) is 0 Å². The van der Waals surface area contributed by atoms with Crippen molar-refractivity contribution in [3.05, 3.63) is 17.8 Å². The summed E-state index contributed by atoms with van der Waals surface area (Å²) in [6.07, 6.45) is 5.36. The Morgan fingerprint density at radius 3 is 2.76 bits per heavy atom. The topological polar surface area (TPSA) is 55.3 Å². The molecular weight excluding hydrogens is 214 g/mol. The van der Waals surface area contributed by atoms with Crippen molar-refractivity contribution in [2.24, 2.45) is 5.73 Å². The van der Waals surface area contributed by atoms with E-state index < -0.39 is 0 Å². The lowest BCUT2D eigenvalue weighted by Gasteiger charge is -2.36. The molecule has 1 fully saturated rings. The fourth-order valence-electron chi connectivity index (χ4n) is 2.50. The number of nitrogens with two attached hydrogens (primary N) is 1. The van der Waals surface area contributed by atoms with Gasteiger partial charge in [-0.15, -0.1) is 0 Å². The molecule has 2 heterocycles. The summed E-state index contributed by atoms with van der Waals surface area (Å²) in [4.78, 5) is 7.01. The van der Waals surface area contributed by atoms with Crippen molar-refractivity contribution >= 4 is 0 Å². The summed E-state index contributed by atoms with van der Waals surface area (Å²) in [6.45, 7) is 7.53. The van der Waals surface area contributed by atoms with Crippen LogP contribution >= 0.6 is 0 Å². The Kier molecular flexibility index (Phi) is 3.84. The molecule has 0 spiro atoms. The van der Waals surface area contributed by atoms with E-state index in [1.54, 1.807) is 6.26 Å². The average Bonchev–Trinajstić information content (AvgIpc) is 2.78. The van der Waals surface area contributed by atoms with Crippen molar-refractivity contribution in [1.82, 2.24) is 9.88 Å². The van der Waals surface area contributed by atoms with Gasteiger partial charge < -0.3 is 10.2 Å². The van der Waals surface area contributed by atoms with E-state index in [0.29, 0.717) is 12.1 Å². The summed E-state index contributed by atoms with van der Waals surface area (Å²) >= 11 is 0. The predicted octanol–water partition coefficient (Wildman–Crippen LogP) is 2.63. The molecule has 4 heteroatoms. The van der Waals surface area contributed by atoms with E-state index >= 15 is 0 Å².